The van der Waals surface area contributed by atoms with Gasteiger partial charge in [-0.25, -0.2) is 0 Å². The van der Waals surface area contributed by atoms with Gasteiger partial charge >= 0.3 is 0 Å². The lowest BCUT2D eigenvalue weighted by molar-refractivity contribution is 0.152. The van der Waals surface area contributed by atoms with E-state index in [0.717, 1.165) is 18.3 Å². The molecule has 2 rings (SSSR count). The molecule has 18 heavy (non-hydrogen) atoms. The number of methoxy groups -OCH3 is 1. The Bertz CT molecular complexity index is 414. The summed E-state index contributed by atoms with van der Waals surface area (Å²) in [5, 5.41) is 0. The van der Waals surface area contributed by atoms with Gasteiger partial charge in [0.05, 0.1) is 7.11 Å². The Morgan fingerprint density at radius 1 is 1.22 bits per heavy atom. The van der Waals surface area contributed by atoms with Gasteiger partial charge in [0.25, 0.3) is 0 Å². The van der Waals surface area contributed by atoms with Crippen LogP contribution in [0.2, 0.25) is 0 Å². The molecule has 0 bridgehead atoms. The van der Waals surface area contributed by atoms with E-state index in [1.165, 1.54) is 42.5 Å². The van der Waals surface area contributed by atoms with Crippen LogP contribution in [0, 0.1) is 13.8 Å². The monoisotopic (exact) mass is 247 g/mol. The van der Waals surface area contributed by atoms with E-state index >= 15 is 0 Å². The average Bonchev–Trinajstić information content (AvgIpc) is 2.36. The predicted molar refractivity (Wildman–Crippen MR) is 76.2 cm³/mol. The van der Waals surface area contributed by atoms with Crippen LogP contribution in [0.3, 0.4) is 0 Å². The van der Waals surface area contributed by atoms with Crippen LogP contribution in [0.4, 0.5) is 0 Å². The standard InChI is InChI=1S/C16H25NO/c1-12-10-16(18-4)13(2)9-15(12)11-17-8-6-5-7-14(17)3/h9-10,14H,5-8,11H2,1-4H3/t14-/m1/s1. The number of hydrogen-bond acceptors (Lipinski definition) is 2. The van der Waals surface area contributed by atoms with E-state index in [1.54, 1.807) is 7.11 Å². The third-order valence-electron chi connectivity index (χ3n) is 4.17. The van der Waals surface area contributed by atoms with Crippen LogP contribution in [0.1, 0.15) is 42.9 Å². The molecule has 0 aromatic heterocycles. The van der Waals surface area contributed by atoms with Crippen LogP contribution >= 0.6 is 0 Å². The molecule has 1 aliphatic rings. The maximum absolute atomic E-state index is 5.38. The summed E-state index contributed by atoms with van der Waals surface area (Å²) in [5.74, 6) is 1.00. The molecule has 1 aromatic carbocycles. The Kier molecular flexibility index (Phi) is 4.28. The van der Waals surface area contributed by atoms with Crippen LogP contribution in [0.25, 0.3) is 0 Å². The first-order valence-electron chi connectivity index (χ1n) is 7.00. The molecule has 1 saturated heterocycles. The second-order valence-electron chi connectivity index (χ2n) is 5.56. The first kappa shape index (κ1) is 13.4. The van der Waals surface area contributed by atoms with Crippen molar-refractivity contribution in [2.24, 2.45) is 0 Å². The van der Waals surface area contributed by atoms with Crippen molar-refractivity contribution in [3.8, 4) is 5.75 Å². The van der Waals surface area contributed by atoms with E-state index in [1.807, 2.05) is 0 Å². The second-order valence-corrected chi connectivity index (χ2v) is 5.56. The minimum absolute atomic E-state index is 0.723. The third kappa shape index (κ3) is 2.86. The number of piperidine rings is 1. The Morgan fingerprint density at radius 3 is 2.67 bits per heavy atom. The molecule has 0 N–H and O–H groups in total. The number of rotatable bonds is 3. The SMILES string of the molecule is COc1cc(C)c(CN2CCCC[C@H]2C)cc1C. The van der Waals surface area contributed by atoms with E-state index in [9.17, 15) is 0 Å². The van der Waals surface area contributed by atoms with Crippen LogP contribution in [-0.4, -0.2) is 24.6 Å². The van der Waals surface area contributed by atoms with Gasteiger partial charge in [0.2, 0.25) is 0 Å². The van der Waals surface area contributed by atoms with Crippen molar-refractivity contribution in [1.29, 1.82) is 0 Å². The van der Waals surface area contributed by atoms with E-state index in [-0.39, 0.29) is 0 Å². The Hall–Kier alpha value is -1.02. The van der Waals surface area contributed by atoms with Crippen LogP contribution < -0.4 is 4.74 Å². The maximum Gasteiger partial charge on any atom is 0.122 e. The number of hydrogen-bond donors (Lipinski definition) is 0. The molecule has 0 saturated carbocycles. The average molecular weight is 247 g/mol. The zero-order valence-corrected chi connectivity index (χ0v) is 12.1. The Balaban J connectivity index is 2.15. The molecule has 0 amide bonds. The molecule has 100 valence electrons. The summed E-state index contributed by atoms with van der Waals surface area (Å²) in [5.41, 5.74) is 4.03. The fraction of sp³-hybridized carbons (Fsp3) is 0.625. The van der Waals surface area contributed by atoms with Crippen LogP contribution in [0.15, 0.2) is 12.1 Å². The Morgan fingerprint density at radius 2 is 2.00 bits per heavy atom. The summed E-state index contributed by atoms with van der Waals surface area (Å²) >= 11 is 0. The highest BCUT2D eigenvalue weighted by Gasteiger charge is 2.19. The van der Waals surface area contributed by atoms with E-state index < -0.39 is 0 Å². The van der Waals surface area contributed by atoms with Crippen molar-refractivity contribution in [1.82, 2.24) is 4.90 Å². The molecule has 0 aliphatic carbocycles. The maximum atomic E-state index is 5.38. The normalized spacial score (nSPS) is 21.0. The highest BCUT2D eigenvalue weighted by Crippen LogP contribution is 2.25. The van der Waals surface area contributed by atoms with Gasteiger partial charge in [-0.2, -0.15) is 0 Å². The lowest BCUT2D eigenvalue weighted by atomic mass is 10.00. The summed E-state index contributed by atoms with van der Waals surface area (Å²) in [7, 11) is 1.74. The number of nitrogens with zero attached hydrogens (tertiary/aromatic N) is 1. The van der Waals surface area contributed by atoms with Crippen molar-refractivity contribution < 1.29 is 4.74 Å². The molecule has 1 fully saturated rings. The summed E-state index contributed by atoms with van der Waals surface area (Å²) in [4.78, 5) is 2.61. The van der Waals surface area contributed by atoms with Crippen LogP contribution in [-0.2, 0) is 6.54 Å². The molecule has 0 spiro atoms. The first-order chi connectivity index (χ1) is 8.61. The third-order valence-corrected chi connectivity index (χ3v) is 4.17. The van der Waals surface area contributed by atoms with Gasteiger partial charge < -0.3 is 4.74 Å². The molecule has 2 nitrogen and oxygen atoms in total. The first-order valence-corrected chi connectivity index (χ1v) is 7.00. The van der Waals surface area contributed by atoms with Gasteiger partial charge in [0.1, 0.15) is 5.75 Å². The van der Waals surface area contributed by atoms with Crippen LogP contribution in [0.5, 0.6) is 5.75 Å². The summed E-state index contributed by atoms with van der Waals surface area (Å²) in [6.45, 7) is 8.99. The zero-order valence-electron chi connectivity index (χ0n) is 12.1. The lowest BCUT2D eigenvalue weighted by Crippen LogP contribution is -2.36. The molecular formula is C16H25NO. The van der Waals surface area contributed by atoms with Gasteiger partial charge in [-0.3, -0.25) is 4.90 Å². The number of benzene rings is 1. The molecule has 1 atom stereocenters. The van der Waals surface area contributed by atoms with Gasteiger partial charge in [0, 0.05) is 12.6 Å². The highest BCUT2D eigenvalue weighted by atomic mass is 16.5. The van der Waals surface area contributed by atoms with Crippen molar-refractivity contribution in [2.75, 3.05) is 13.7 Å². The van der Waals surface area contributed by atoms with Crippen molar-refractivity contribution in [2.45, 2.75) is 52.6 Å². The van der Waals surface area contributed by atoms with Gasteiger partial charge in [-0.05, 0) is 62.9 Å². The topological polar surface area (TPSA) is 12.5 Å². The minimum Gasteiger partial charge on any atom is -0.496 e. The molecule has 1 aromatic rings. The summed E-state index contributed by atoms with van der Waals surface area (Å²) in [6, 6.07) is 5.18. The second kappa shape index (κ2) is 5.75. The molecule has 1 heterocycles. The summed E-state index contributed by atoms with van der Waals surface area (Å²) < 4.78 is 5.38. The minimum atomic E-state index is 0.723. The fourth-order valence-corrected chi connectivity index (χ4v) is 2.85. The molecule has 1 aliphatic heterocycles. The van der Waals surface area contributed by atoms with E-state index in [0.29, 0.717) is 0 Å². The van der Waals surface area contributed by atoms with Gasteiger partial charge in [-0.15, -0.1) is 0 Å². The Labute approximate surface area is 111 Å². The van der Waals surface area contributed by atoms with Crippen molar-refractivity contribution >= 4 is 0 Å². The molecular weight excluding hydrogens is 222 g/mol. The quantitative estimate of drug-likeness (QED) is 0.807. The zero-order chi connectivity index (χ0) is 13.1. The number of likely N-dealkylation sites (tertiary alicyclic amines) is 1. The van der Waals surface area contributed by atoms with Crippen molar-refractivity contribution in [3.05, 3.63) is 28.8 Å². The molecule has 0 unspecified atom stereocenters. The largest absolute Gasteiger partial charge is 0.496 e. The lowest BCUT2D eigenvalue weighted by Gasteiger charge is -2.33. The predicted octanol–water partition coefficient (Wildman–Crippen LogP) is 3.69. The highest BCUT2D eigenvalue weighted by molar-refractivity contribution is 5.41. The number of aryl methyl sites for hydroxylation is 2. The summed E-state index contributed by atoms with van der Waals surface area (Å²) in [6.07, 6.45) is 4.07. The van der Waals surface area contributed by atoms with Gasteiger partial charge in [-0.1, -0.05) is 12.5 Å². The molecule has 0 radical (unpaired) electrons. The number of ether oxygens (including phenoxy) is 1. The van der Waals surface area contributed by atoms with Crippen molar-refractivity contribution in [3.63, 3.8) is 0 Å². The van der Waals surface area contributed by atoms with E-state index in [2.05, 4.69) is 37.8 Å². The molecule has 2 heteroatoms. The smallest absolute Gasteiger partial charge is 0.122 e. The van der Waals surface area contributed by atoms with Gasteiger partial charge in [0.15, 0.2) is 0 Å². The van der Waals surface area contributed by atoms with E-state index in [4.69, 9.17) is 4.74 Å². The fourth-order valence-electron chi connectivity index (χ4n) is 2.85.